The zero-order valence-electron chi connectivity index (χ0n) is 24.4. The van der Waals surface area contributed by atoms with Crippen LogP contribution < -0.4 is 4.90 Å². The first-order chi connectivity index (χ1) is 22.3. The predicted octanol–water partition coefficient (Wildman–Crippen LogP) is 12.8. The molecule has 212 valence electrons. The fourth-order valence-corrected chi connectivity index (χ4v) is 7.63. The first-order valence-electron chi connectivity index (χ1n) is 15.2. The van der Waals surface area contributed by atoms with Gasteiger partial charge in [0.25, 0.3) is 0 Å². The van der Waals surface area contributed by atoms with Crippen LogP contribution in [0.3, 0.4) is 0 Å². The van der Waals surface area contributed by atoms with Gasteiger partial charge in [-0.1, -0.05) is 103 Å². The number of nitrogens with zero attached hydrogens (tertiary/aromatic N) is 1. The van der Waals surface area contributed by atoms with Crippen molar-refractivity contribution in [2.75, 3.05) is 4.90 Å². The second-order valence-electron chi connectivity index (χ2n) is 11.4. The molecule has 0 aliphatic carbocycles. The lowest BCUT2D eigenvalue weighted by atomic mass is 9.97. The Morgan fingerprint density at radius 2 is 1.02 bits per heavy atom. The number of benzene rings is 7. The fraction of sp³-hybridized carbons (Fsp3) is 0. The third-order valence-electron chi connectivity index (χ3n) is 8.67. The summed E-state index contributed by atoms with van der Waals surface area (Å²) in [5.74, 6) is 0. The number of anilines is 3. The summed E-state index contributed by atoms with van der Waals surface area (Å²) in [5.41, 5.74) is 9.83. The van der Waals surface area contributed by atoms with Gasteiger partial charge in [0.2, 0.25) is 0 Å². The van der Waals surface area contributed by atoms with Gasteiger partial charge in [-0.3, -0.25) is 0 Å². The van der Waals surface area contributed by atoms with Crippen molar-refractivity contribution >= 4 is 70.5 Å². The molecular formula is C42H27NOS. The van der Waals surface area contributed by atoms with Crippen LogP contribution in [0.1, 0.15) is 0 Å². The van der Waals surface area contributed by atoms with Crippen LogP contribution in [0.15, 0.2) is 168 Å². The molecule has 2 aromatic heterocycles. The zero-order valence-corrected chi connectivity index (χ0v) is 25.2. The summed E-state index contributed by atoms with van der Waals surface area (Å²) in [6.07, 6.45) is 0. The van der Waals surface area contributed by atoms with Crippen molar-refractivity contribution in [1.29, 1.82) is 0 Å². The Morgan fingerprint density at radius 1 is 0.400 bits per heavy atom. The molecule has 0 fully saturated rings. The number of thiophene rings is 1. The minimum atomic E-state index is 0.897. The maximum Gasteiger partial charge on any atom is 0.136 e. The molecule has 0 saturated carbocycles. The Bertz CT molecular complexity index is 2470. The highest BCUT2D eigenvalue weighted by atomic mass is 32.1. The minimum Gasteiger partial charge on any atom is -0.456 e. The van der Waals surface area contributed by atoms with Crippen LogP contribution in [0.2, 0.25) is 0 Å². The molecule has 0 bridgehead atoms. The second kappa shape index (κ2) is 10.5. The Balaban J connectivity index is 1.30. The molecule has 0 unspecified atom stereocenters. The zero-order chi connectivity index (χ0) is 29.7. The number of hydrogen-bond acceptors (Lipinski definition) is 3. The number of rotatable bonds is 5. The van der Waals surface area contributed by atoms with E-state index < -0.39 is 0 Å². The highest BCUT2D eigenvalue weighted by Gasteiger charge is 2.21. The highest BCUT2D eigenvalue weighted by molar-refractivity contribution is 7.25. The van der Waals surface area contributed by atoms with E-state index in [1.165, 1.54) is 31.3 Å². The lowest BCUT2D eigenvalue weighted by molar-refractivity contribution is 0.669. The lowest BCUT2D eigenvalue weighted by Crippen LogP contribution is -2.11. The molecule has 0 spiro atoms. The van der Waals surface area contributed by atoms with E-state index in [-0.39, 0.29) is 0 Å². The summed E-state index contributed by atoms with van der Waals surface area (Å²) in [6.45, 7) is 0. The van der Waals surface area contributed by atoms with Crippen molar-refractivity contribution in [3.8, 4) is 22.3 Å². The van der Waals surface area contributed by atoms with Crippen LogP contribution >= 0.6 is 11.3 Å². The van der Waals surface area contributed by atoms with Crippen molar-refractivity contribution in [3.05, 3.63) is 164 Å². The summed E-state index contributed by atoms with van der Waals surface area (Å²) in [7, 11) is 0. The smallest absolute Gasteiger partial charge is 0.136 e. The molecule has 2 nitrogen and oxygen atoms in total. The molecule has 0 N–H and O–H groups in total. The van der Waals surface area contributed by atoms with Crippen molar-refractivity contribution in [2.45, 2.75) is 0 Å². The number of furan rings is 1. The molecular weight excluding hydrogens is 567 g/mol. The van der Waals surface area contributed by atoms with Gasteiger partial charge in [-0.05, 0) is 77.4 Å². The van der Waals surface area contributed by atoms with Crippen LogP contribution in [-0.2, 0) is 0 Å². The standard InChI is InChI=1S/C42H27NOS/c1-3-11-28(12-4-1)29-19-22-32(23-20-29)43(31-13-5-2-6-14-31)38-27-42-37(35-16-8-10-18-41(35)45-42)26-36(38)30-21-24-34-33-15-7-9-17-39(33)44-40(34)25-30/h1-27H. The van der Waals surface area contributed by atoms with E-state index in [4.69, 9.17) is 4.42 Å². The second-order valence-corrected chi connectivity index (χ2v) is 12.4. The predicted molar refractivity (Wildman–Crippen MR) is 192 cm³/mol. The third-order valence-corrected chi connectivity index (χ3v) is 9.81. The van der Waals surface area contributed by atoms with Crippen LogP contribution in [0.25, 0.3) is 64.4 Å². The molecule has 2 heterocycles. The Labute approximate surface area is 265 Å². The molecule has 9 rings (SSSR count). The first kappa shape index (κ1) is 25.8. The SMILES string of the molecule is c1ccc(-c2ccc(N(c3ccccc3)c3cc4sc5ccccc5c4cc3-c3ccc4c(c3)oc3ccccc34)cc2)cc1. The van der Waals surface area contributed by atoms with Crippen molar-refractivity contribution in [3.63, 3.8) is 0 Å². The average molecular weight is 594 g/mol. The molecule has 7 aromatic carbocycles. The van der Waals surface area contributed by atoms with Gasteiger partial charge in [0.1, 0.15) is 11.2 Å². The van der Waals surface area contributed by atoms with Gasteiger partial charge >= 0.3 is 0 Å². The van der Waals surface area contributed by atoms with E-state index in [2.05, 4.69) is 157 Å². The lowest BCUT2D eigenvalue weighted by Gasteiger charge is -2.28. The molecule has 0 atom stereocenters. The molecule has 0 saturated heterocycles. The number of para-hydroxylation sites is 2. The van der Waals surface area contributed by atoms with Gasteiger partial charge < -0.3 is 9.32 Å². The molecule has 0 aliphatic heterocycles. The van der Waals surface area contributed by atoms with Crippen molar-refractivity contribution in [2.24, 2.45) is 0 Å². The monoisotopic (exact) mass is 593 g/mol. The van der Waals surface area contributed by atoms with Gasteiger partial charge in [0, 0.05) is 47.9 Å². The summed E-state index contributed by atoms with van der Waals surface area (Å²) in [6, 6.07) is 58.5. The van der Waals surface area contributed by atoms with E-state index in [0.29, 0.717) is 0 Å². The first-order valence-corrected chi connectivity index (χ1v) is 16.0. The van der Waals surface area contributed by atoms with E-state index in [1.54, 1.807) is 0 Å². The topological polar surface area (TPSA) is 16.4 Å². The van der Waals surface area contributed by atoms with Gasteiger partial charge in [-0.25, -0.2) is 0 Å². The van der Waals surface area contributed by atoms with E-state index in [1.807, 2.05) is 23.5 Å². The van der Waals surface area contributed by atoms with E-state index >= 15 is 0 Å². The Kier molecular flexibility index (Phi) is 6.03. The summed E-state index contributed by atoms with van der Waals surface area (Å²) in [4.78, 5) is 2.39. The normalized spacial score (nSPS) is 11.6. The van der Waals surface area contributed by atoms with Crippen molar-refractivity contribution < 1.29 is 4.42 Å². The van der Waals surface area contributed by atoms with E-state index in [9.17, 15) is 0 Å². The molecule has 3 heteroatoms. The molecule has 9 aromatic rings. The van der Waals surface area contributed by atoms with Gasteiger partial charge in [0.15, 0.2) is 0 Å². The summed E-state index contributed by atoms with van der Waals surface area (Å²) >= 11 is 1.85. The quantitative estimate of drug-likeness (QED) is 0.197. The highest BCUT2D eigenvalue weighted by Crippen LogP contribution is 2.47. The third kappa shape index (κ3) is 4.40. The molecule has 0 amide bonds. The molecule has 0 aliphatic rings. The largest absolute Gasteiger partial charge is 0.456 e. The Morgan fingerprint density at radius 3 is 1.84 bits per heavy atom. The summed E-state index contributed by atoms with van der Waals surface area (Å²) in [5, 5.41) is 4.83. The van der Waals surface area contributed by atoms with Crippen LogP contribution in [0.4, 0.5) is 17.1 Å². The van der Waals surface area contributed by atoms with Gasteiger partial charge in [-0.15, -0.1) is 11.3 Å². The van der Waals surface area contributed by atoms with Gasteiger partial charge in [0.05, 0.1) is 5.69 Å². The van der Waals surface area contributed by atoms with Crippen molar-refractivity contribution in [1.82, 2.24) is 0 Å². The average Bonchev–Trinajstić information content (AvgIpc) is 3.66. The molecule has 0 radical (unpaired) electrons. The number of fused-ring (bicyclic) bond motifs is 6. The van der Waals surface area contributed by atoms with Crippen LogP contribution in [-0.4, -0.2) is 0 Å². The minimum absolute atomic E-state index is 0.897. The Hall–Kier alpha value is -5.64. The maximum atomic E-state index is 6.37. The fourth-order valence-electron chi connectivity index (χ4n) is 6.51. The van der Waals surface area contributed by atoms with Crippen LogP contribution in [0, 0.1) is 0 Å². The molecule has 45 heavy (non-hydrogen) atoms. The van der Waals surface area contributed by atoms with Gasteiger partial charge in [-0.2, -0.15) is 0 Å². The summed E-state index contributed by atoms with van der Waals surface area (Å²) < 4.78 is 8.93. The number of hydrogen-bond donors (Lipinski definition) is 0. The van der Waals surface area contributed by atoms with Crippen LogP contribution in [0.5, 0.6) is 0 Å². The van der Waals surface area contributed by atoms with E-state index in [0.717, 1.165) is 50.1 Å². The maximum absolute atomic E-state index is 6.37.